The zero-order chi connectivity index (χ0) is 17.6. The average Bonchev–Trinajstić information content (AvgIpc) is 3.14. The van der Waals surface area contributed by atoms with Gasteiger partial charge in [-0.25, -0.2) is 4.98 Å². The zero-order valence-electron chi connectivity index (χ0n) is 13.7. The van der Waals surface area contributed by atoms with Crippen LogP contribution in [-0.2, 0) is 11.3 Å². The molecule has 0 radical (unpaired) electrons. The molecule has 0 aliphatic carbocycles. The van der Waals surface area contributed by atoms with Gasteiger partial charge < -0.3 is 14.6 Å². The molecule has 6 heteroatoms. The van der Waals surface area contributed by atoms with Crippen LogP contribution in [0.4, 0.5) is 0 Å². The summed E-state index contributed by atoms with van der Waals surface area (Å²) >= 11 is 5.91. The monoisotopic (exact) mass is 355 g/mol. The Hall–Kier alpha value is -2.79. The van der Waals surface area contributed by atoms with Gasteiger partial charge in [0, 0.05) is 29.6 Å². The lowest BCUT2D eigenvalue weighted by Crippen LogP contribution is -2.35. The van der Waals surface area contributed by atoms with Crippen LogP contribution in [-0.4, -0.2) is 21.6 Å². The second-order valence-corrected chi connectivity index (χ2v) is 6.01. The predicted octanol–water partition coefficient (Wildman–Crippen LogP) is 3.61. The second-order valence-electron chi connectivity index (χ2n) is 5.57. The molecule has 25 heavy (non-hydrogen) atoms. The summed E-state index contributed by atoms with van der Waals surface area (Å²) in [6.07, 6.45) is 4.75. The van der Waals surface area contributed by atoms with Gasteiger partial charge in [0.25, 0.3) is 5.91 Å². The van der Waals surface area contributed by atoms with E-state index in [0.717, 1.165) is 11.3 Å². The van der Waals surface area contributed by atoms with E-state index in [0.29, 0.717) is 17.3 Å². The molecule has 1 heterocycles. The number of aromatic nitrogens is 2. The van der Waals surface area contributed by atoms with Gasteiger partial charge in [0.05, 0.1) is 6.33 Å². The summed E-state index contributed by atoms with van der Waals surface area (Å²) in [4.78, 5) is 16.2. The van der Waals surface area contributed by atoms with Crippen LogP contribution in [0, 0.1) is 0 Å². The standard InChI is InChI=1S/C19H18ClN3O2/c1-14(25-18-4-2-3-16(20)11-18)19(24)22-12-15-5-7-17(8-6-15)23-10-9-21-13-23/h2-11,13-14H,12H2,1H3,(H,22,24). The van der Waals surface area contributed by atoms with Crippen LogP contribution < -0.4 is 10.1 Å². The topological polar surface area (TPSA) is 56.1 Å². The van der Waals surface area contributed by atoms with Crippen molar-refractivity contribution in [1.29, 1.82) is 0 Å². The maximum atomic E-state index is 12.2. The molecule has 1 unspecified atom stereocenters. The van der Waals surface area contributed by atoms with Crippen molar-refractivity contribution in [2.75, 3.05) is 0 Å². The van der Waals surface area contributed by atoms with E-state index in [1.807, 2.05) is 35.0 Å². The summed E-state index contributed by atoms with van der Waals surface area (Å²) in [6.45, 7) is 2.14. The minimum Gasteiger partial charge on any atom is -0.481 e. The van der Waals surface area contributed by atoms with E-state index in [4.69, 9.17) is 16.3 Å². The third kappa shape index (κ3) is 4.61. The molecular formula is C19H18ClN3O2. The average molecular weight is 356 g/mol. The highest BCUT2D eigenvalue weighted by Gasteiger charge is 2.14. The third-order valence-electron chi connectivity index (χ3n) is 3.68. The number of amides is 1. The van der Waals surface area contributed by atoms with Gasteiger partial charge in [-0.1, -0.05) is 29.8 Å². The highest BCUT2D eigenvalue weighted by molar-refractivity contribution is 6.30. The zero-order valence-corrected chi connectivity index (χ0v) is 14.5. The lowest BCUT2D eigenvalue weighted by molar-refractivity contribution is -0.127. The molecule has 2 aromatic carbocycles. The van der Waals surface area contributed by atoms with Crippen molar-refractivity contribution in [3.63, 3.8) is 0 Å². The molecule has 5 nitrogen and oxygen atoms in total. The molecule has 0 fully saturated rings. The number of ether oxygens (including phenoxy) is 1. The number of carbonyl (C=O) groups is 1. The number of halogens is 1. The van der Waals surface area contributed by atoms with Crippen LogP contribution in [0.5, 0.6) is 5.75 Å². The summed E-state index contributed by atoms with van der Waals surface area (Å²) in [5.74, 6) is 0.387. The van der Waals surface area contributed by atoms with Gasteiger partial charge >= 0.3 is 0 Å². The van der Waals surface area contributed by atoms with E-state index in [1.54, 1.807) is 43.7 Å². The van der Waals surface area contributed by atoms with Crippen molar-refractivity contribution in [2.24, 2.45) is 0 Å². The van der Waals surface area contributed by atoms with E-state index in [1.165, 1.54) is 0 Å². The van der Waals surface area contributed by atoms with Gasteiger partial charge in [0.1, 0.15) is 5.75 Å². The fraction of sp³-hybridized carbons (Fsp3) is 0.158. The molecule has 1 atom stereocenters. The maximum absolute atomic E-state index is 12.2. The van der Waals surface area contributed by atoms with Gasteiger partial charge in [-0.15, -0.1) is 0 Å². The molecule has 0 spiro atoms. The van der Waals surface area contributed by atoms with E-state index < -0.39 is 6.10 Å². The maximum Gasteiger partial charge on any atom is 0.261 e. The van der Waals surface area contributed by atoms with Crippen molar-refractivity contribution in [1.82, 2.24) is 14.9 Å². The Balaban J connectivity index is 1.53. The van der Waals surface area contributed by atoms with Gasteiger partial charge in [-0.3, -0.25) is 4.79 Å². The Morgan fingerprint density at radius 1 is 1.28 bits per heavy atom. The number of nitrogens with one attached hydrogen (secondary N) is 1. The normalized spacial score (nSPS) is 11.8. The van der Waals surface area contributed by atoms with Crippen molar-refractivity contribution in [3.8, 4) is 11.4 Å². The van der Waals surface area contributed by atoms with Crippen molar-refractivity contribution < 1.29 is 9.53 Å². The number of hydrogen-bond donors (Lipinski definition) is 1. The van der Waals surface area contributed by atoms with Gasteiger partial charge in [-0.2, -0.15) is 0 Å². The number of rotatable bonds is 6. The first-order chi connectivity index (χ1) is 12.1. The molecule has 128 valence electrons. The minimum atomic E-state index is -0.608. The lowest BCUT2D eigenvalue weighted by Gasteiger charge is -2.15. The van der Waals surface area contributed by atoms with Crippen molar-refractivity contribution in [2.45, 2.75) is 19.6 Å². The number of nitrogens with zero attached hydrogens (tertiary/aromatic N) is 2. The van der Waals surface area contributed by atoms with Crippen LogP contribution in [0.3, 0.4) is 0 Å². The smallest absolute Gasteiger partial charge is 0.261 e. The third-order valence-corrected chi connectivity index (χ3v) is 3.92. The van der Waals surface area contributed by atoms with E-state index >= 15 is 0 Å². The van der Waals surface area contributed by atoms with Crippen LogP contribution in [0.2, 0.25) is 5.02 Å². The molecule has 0 aliphatic rings. The predicted molar refractivity (Wildman–Crippen MR) is 97.0 cm³/mol. The van der Waals surface area contributed by atoms with Crippen LogP contribution in [0.25, 0.3) is 5.69 Å². The Morgan fingerprint density at radius 2 is 2.08 bits per heavy atom. The summed E-state index contributed by atoms with van der Waals surface area (Å²) in [5.41, 5.74) is 2.03. The fourth-order valence-corrected chi connectivity index (χ4v) is 2.51. The highest BCUT2D eigenvalue weighted by atomic mass is 35.5. The molecule has 1 aromatic heterocycles. The first-order valence-corrected chi connectivity index (χ1v) is 8.27. The summed E-state index contributed by atoms with van der Waals surface area (Å²) in [5, 5.41) is 3.44. The SMILES string of the molecule is CC(Oc1cccc(Cl)c1)C(=O)NCc1ccc(-n2ccnc2)cc1. The molecule has 3 aromatic rings. The summed E-state index contributed by atoms with van der Waals surface area (Å²) < 4.78 is 7.53. The summed E-state index contributed by atoms with van der Waals surface area (Å²) in [6, 6.07) is 14.9. The second kappa shape index (κ2) is 7.85. The molecule has 1 N–H and O–H groups in total. The largest absolute Gasteiger partial charge is 0.481 e. The summed E-state index contributed by atoms with van der Waals surface area (Å²) in [7, 11) is 0. The van der Waals surface area contributed by atoms with Gasteiger partial charge in [0.15, 0.2) is 6.10 Å². The Bertz CT molecular complexity index is 832. The lowest BCUT2D eigenvalue weighted by atomic mass is 10.2. The molecular weight excluding hydrogens is 338 g/mol. The first kappa shape index (κ1) is 17.0. The Morgan fingerprint density at radius 3 is 2.76 bits per heavy atom. The van der Waals surface area contributed by atoms with Gasteiger partial charge in [0.2, 0.25) is 0 Å². The van der Waals surface area contributed by atoms with Crippen molar-refractivity contribution in [3.05, 3.63) is 77.8 Å². The fourth-order valence-electron chi connectivity index (χ4n) is 2.33. The molecule has 0 bridgehead atoms. The van der Waals surface area contributed by atoms with Gasteiger partial charge in [-0.05, 0) is 42.8 Å². The van der Waals surface area contributed by atoms with E-state index in [-0.39, 0.29) is 5.91 Å². The minimum absolute atomic E-state index is 0.182. The van der Waals surface area contributed by atoms with E-state index in [9.17, 15) is 4.79 Å². The number of carbonyl (C=O) groups excluding carboxylic acids is 1. The Labute approximate surface area is 151 Å². The first-order valence-electron chi connectivity index (χ1n) is 7.89. The van der Waals surface area contributed by atoms with Crippen LogP contribution in [0.15, 0.2) is 67.3 Å². The molecule has 0 aliphatic heterocycles. The molecule has 0 saturated carbocycles. The van der Waals surface area contributed by atoms with Crippen molar-refractivity contribution >= 4 is 17.5 Å². The highest BCUT2D eigenvalue weighted by Crippen LogP contribution is 2.18. The van der Waals surface area contributed by atoms with Crippen LogP contribution in [0.1, 0.15) is 12.5 Å². The molecule has 0 saturated heterocycles. The van der Waals surface area contributed by atoms with Crippen LogP contribution >= 0.6 is 11.6 Å². The number of hydrogen-bond acceptors (Lipinski definition) is 3. The number of benzene rings is 2. The number of imidazole rings is 1. The Kier molecular flexibility index (Phi) is 5.36. The quantitative estimate of drug-likeness (QED) is 0.735. The molecule has 3 rings (SSSR count). The van der Waals surface area contributed by atoms with E-state index in [2.05, 4.69) is 10.3 Å². The molecule has 1 amide bonds.